The van der Waals surface area contributed by atoms with E-state index in [-0.39, 0.29) is 6.04 Å². The number of anilines is 1. The molecule has 2 aromatic carbocycles. The molecule has 2 rings (SSSR count). The minimum absolute atomic E-state index is 0.00570. The molecular formula is C16H14Cl2N2. The highest BCUT2D eigenvalue weighted by molar-refractivity contribution is 6.33. The molecule has 0 saturated carbocycles. The molecular weight excluding hydrogens is 291 g/mol. The van der Waals surface area contributed by atoms with Crippen molar-refractivity contribution in [1.29, 1.82) is 5.26 Å². The standard InChI is InChI=1S/C16H14Cl2N2/c1-10-3-4-12(9-19)7-16(10)20-11(2)14-8-13(17)5-6-15(14)18/h3-8,11,20H,1-2H3. The van der Waals surface area contributed by atoms with Crippen LogP contribution in [-0.2, 0) is 0 Å². The molecule has 1 N–H and O–H groups in total. The lowest BCUT2D eigenvalue weighted by Gasteiger charge is -2.19. The minimum atomic E-state index is -0.00570. The van der Waals surface area contributed by atoms with Crippen LogP contribution < -0.4 is 5.32 Å². The van der Waals surface area contributed by atoms with Gasteiger partial charge in [0.1, 0.15) is 0 Å². The molecule has 20 heavy (non-hydrogen) atoms. The van der Waals surface area contributed by atoms with Gasteiger partial charge < -0.3 is 5.32 Å². The number of hydrogen-bond acceptors (Lipinski definition) is 2. The van der Waals surface area contributed by atoms with Crippen molar-refractivity contribution in [3.63, 3.8) is 0 Å². The van der Waals surface area contributed by atoms with Crippen molar-refractivity contribution in [2.75, 3.05) is 5.32 Å². The summed E-state index contributed by atoms with van der Waals surface area (Å²) < 4.78 is 0. The van der Waals surface area contributed by atoms with Crippen LogP contribution in [0.15, 0.2) is 36.4 Å². The van der Waals surface area contributed by atoms with Crippen molar-refractivity contribution >= 4 is 28.9 Å². The summed E-state index contributed by atoms with van der Waals surface area (Å²) >= 11 is 12.2. The topological polar surface area (TPSA) is 35.8 Å². The fourth-order valence-electron chi connectivity index (χ4n) is 2.00. The highest BCUT2D eigenvalue weighted by Crippen LogP contribution is 2.29. The Balaban J connectivity index is 2.30. The molecule has 102 valence electrons. The van der Waals surface area contributed by atoms with E-state index in [9.17, 15) is 0 Å². The van der Waals surface area contributed by atoms with Gasteiger partial charge in [-0.05, 0) is 55.3 Å². The molecule has 0 fully saturated rings. The first kappa shape index (κ1) is 14.7. The van der Waals surface area contributed by atoms with E-state index >= 15 is 0 Å². The quantitative estimate of drug-likeness (QED) is 0.830. The Morgan fingerprint density at radius 2 is 1.90 bits per heavy atom. The second-order valence-corrected chi connectivity index (χ2v) is 5.52. The van der Waals surface area contributed by atoms with Crippen LogP contribution >= 0.6 is 23.2 Å². The van der Waals surface area contributed by atoms with Gasteiger partial charge >= 0.3 is 0 Å². The smallest absolute Gasteiger partial charge is 0.0992 e. The third kappa shape index (κ3) is 3.25. The molecule has 1 unspecified atom stereocenters. The number of halogens is 2. The summed E-state index contributed by atoms with van der Waals surface area (Å²) in [5.41, 5.74) is 3.56. The third-order valence-electron chi connectivity index (χ3n) is 3.16. The molecule has 0 amide bonds. The predicted molar refractivity (Wildman–Crippen MR) is 84.4 cm³/mol. The zero-order valence-electron chi connectivity index (χ0n) is 11.2. The van der Waals surface area contributed by atoms with E-state index in [0.717, 1.165) is 16.8 Å². The van der Waals surface area contributed by atoms with Crippen molar-refractivity contribution in [2.24, 2.45) is 0 Å². The molecule has 0 bridgehead atoms. The van der Waals surface area contributed by atoms with Crippen molar-refractivity contribution in [3.8, 4) is 6.07 Å². The normalized spacial score (nSPS) is 11.8. The Bertz CT molecular complexity index is 675. The first-order valence-electron chi connectivity index (χ1n) is 6.23. The number of benzene rings is 2. The van der Waals surface area contributed by atoms with Crippen LogP contribution in [0.25, 0.3) is 0 Å². The van der Waals surface area contributed by atoms with Crippen LogP contribution in [0, 0.1) is 18.3 Å². The van der Waals surface area contributed by atoms with Crippen LogP contribution in [0.3, 0.4) is 0 Å². The van der Waals surface area contributed by atoms with Gasteiger partial charge in [0.15, 0.2) is 0 Å². The summed E-state index contributed by atoms with van der Waals surface area (Å²) in [6.45, 7) is 4.01. The minimum Gasteiger partial charge on any atom is -0.378 e. The highest BCUT2D eigenvalue weighted by atomic mass is 35.5. The summed E-state index contributed by atoms with van der Waals surface area (Å²) in [5.74, 6) is 0. The Morgan fingerprint density at radius 1 is 1.15 bits per heavy atom. The Labute approximate surface area is 128 Å². The maximum absolute atomic E-state index is 8.97. The molecule has 0 aliphatic heterocycles. The van der Waals surface area contributed by atoms with Crippen molar-refractivity contribution in [2.45, 2.75) is 19.9 Å². The molecule has 0 spiro atoms. The largest absolute Gasteiger partial charge is 0.378 e. The molecule has 2 aromatic rings. The van der Waals surface area contributed by atoms with Gasteiger partial charge in [0, 0.05) is 15.7 Å². The summed E-state index contributed by atoms with van der Waals surface area (Å²) in [4.78, 5) is 0. The van der Waals surface area contributed by atoms with Gasteiger partial charge in [-0.15, -0.1) is 0 Å². The summed E-state index contributed by atoms with van der Waals surface area (Å²) in [7, 11) is 0. The van der Waals surface area contributed by atoms with Crippen LogP contribution in [0.5, 0.6) is 0 Å². The van der Waals surface area contributed by atoms with E-state index < -0.39 is 0 Å². The van der Waals surface area contributed by atoms with Crippen LogP contribution in [0.1, 0.15) is 29.7 Å². The molecule has 0 saturated heterocycles. The number of nitrogens with zero attached hydrogens (tertiary/aromatic N) is 1. The maximum Gasteiger partial charge on any atom is 0.0992 e. The van der Waals surface area contributed by atoms with Gasteiger partial charge in [-0.2, -0.15) is 5.26 Å². The Hall–Kier alpha value is -1.69. The first-order chi connectivity index (χ1) is 9.51. The average molecular weight is 305 g/mol. The first-order valence-corrected chi connectivity index (χ1v) is 6.99. The Morgan fingerprint density at radius 3 is 2.60 bits per heavy atom. The fraction of sp³-hybridized carbons (Fsp3) is 0.188. The highest BCUT2D eigenvalue weighted by Gasteiger charge is 2.11. The lowest BCUT2D eigenvalue weighted by atomic mass is 10.1. The molecule has 0 radical (unpaired) electrons. The van der Waals surface area contributed by atoms with Gasteiger partial charge in [0.05, 0.1) is 17.7 Å². The van der Waals surface area contributed by atoms with E-state index in [4.69, 9.17) is 28.5 Å². The third-order valence-corrected chi connectivity index (χ3v) is 3.74. The number of nitrogens with one attached hydrogen (secondary N) is 1. The lowest BCUT2D eigenvalue weighted by Crippen LogP contribution is -2.08. The second-order valence-electron chi connectivity index (χ2n) is 4.67. The van der Waals surface area contributed by atoms with E-state index in [1.165, 1.54) is 0 Å². The van der Waals surface area contributed by atoms with Crippen LogP contribution in [-0.4, -0.2) is 0 Å². The van der Waals surface area contributed by atoms with Crippen LogP contribution in [0.2, 0.25) is 10.0 Å². The molecule has 0 aromatic heterocycles. The van der Waals surface area contributed by atoms with Gasteiger partial charge in [-0.1, -0.05) is 29.3 Å². The predicted octanol–water partition coefficient (Wildman–Crippen LogP) is 5.35. The molecule has 0 aliphatic rings. The number of nitriles is 1. The van der Waals surface area contributed by atoms with Crippen molar-refractivity contribution < 1.29 is 0 Å². The molecule has 0 heterocycles. The van der Waals surface area contributed by atoms with Gasteiger partial charge in [0.25, 0.3) is 0 Å². The number of aryl methyl sites for hydroxylation is 1. The molecule has 0 aliphatic carbocycles. The SMILES string of the molecule is Cc1ccc(C#N)cc1NC(C)c1cc(Cl)ccc1Cl. The van der Waals surface area contributed by atoms with E-state index in [0.29, 0.717) is 15.6 Å². The summed E-state index contributed by atoms with van der Waals surface area (Å²) in [6, 6.07) is 13.1. The summed E-state index contributed by atoms with van der Waals surface area (Å²) in [6.07, 6.45) is 0. The van der Waals surface area contributed by atoms with Crippen molar-refractivity contribution in [1.82, 2.24) is 0 Å². The van der Waals surface area contributed by atoms with E-state index in [1.807, 2.05) is 32.0 Å². The summed E-state index contributed by atoms with van der Waals surface area (Å²) in [5, 5.41) is 13.7. The maximum atomic E-state index is 8.97. The van der Waals surface area contributed by atoms with Crippen molar-refractivity contribution in [3.05, 3.63) is 63.1 Å². The number of hydrogen-bond donors (Lipinski definition) is 1. The zero-order chi connectivity index (χ0) is 14.7. The average Bonchev–Trinajstić information content (AvgIpc) is 2.43. The monoisotopic (exact) mass is 304 g/mol. The lowest BCUT2D eigenvalue weighted by molar-refractivity contribution is 0.883. The van der Waals surface area contributed by atoms with E-state index in [2.05, 4.69) is 11.4 Å². The molecule has 1 atom stereocenters. The van der Waals surface area contributed by atoms with E-state index in [1.54, 1.807) is 18.2 Å². The van der Waals surface area contributed by atoms with Gasteiger partial charge in [-0.25, -0.2) is 0 Å². The molecule has 4 heteroatoms. The van der Waals surface area contributed by atoms with Gasteiger partial charge in [-0.3, -0.25) is 0 Å². The fourth-order valence-corrected chi connectivity index (χ4v) is 2.47. The zero-order valence-corrected chi connectivity index (χ0v) is 12.8. The molecule has 2 nitrogen and oxygen atoms in total. The Kier molecular flexibility index (Phi) is 4.54. The second kappa shape index (κ2) is 6.17. The van der Waals surface area contributed by atoms with Crippen LogP contribution in [0.4, 0.5) is 5.69 Å². The number of rotatable bonds is 3. The van der Waals surface area contributed by atoms with Gasteiger partial charge in [0.2, 0.25) is 0 Å².